The van der Waals surface area contributed by atoms with Crippen LogP contribution in [-0.4, -0.2) is 40.3 Å². The largest absolute Gasteiger partial charge is 0.297 e. The molecule has 3 aromatic heterocycles. The van der Waals surface area contributed by atoms with E-state index in [4.69, 9.17) is 23.2 Å². The van der Waals surface area contributed by atoms with Crippen LogP contribution in [0.4, 0.5) is 0 Å². The number of aromatic nitrogens is 7. The highest BCUT2D eigenvalue weighted by Gasteiger charge is 2.23. The molecule has 0 saturated heterocycles. The molecule has 0 fully saturated rings. The van der Waals surface area contributed by atoms with E-state index >= 15 is 0 Å². The Balaban J connectivity index is 1.37. The summed E-state index contributed by atoms with van der Waals surface area (Å²) in [6.07, 6.45) is 6.61. The van der Waals surface area contributed by atoms with Crippen molar-refractivity contribution < 1.29 is 4.79 Å². The van der Waals surface area contributed by atoms with Crippen molar-refractivity contribution in [1.29, 1.82) is 0 Å². The Bertz CT molecular complexity index is 1940. The minimum atomic E-state index is -0.776. The fraction of sp³-hybridized carbons (Fsp3) is 0.100. The van der Waals surface area contributed by atoms with Gasteiger partial charge in [-0.25, -0.2) is 19.6 Å². The van der Waals surface area contributed by atoms with Crippen molar-refractivity contribution in [3.63, 3.8) is 0 Å². The second-order valence-electron chi connectivity index (χ2n) is 9.43. The Kier molecular flexibility index (Phi) is 7.37. The van der Waals surface area contributed by atoms with Gasteiger partial charge in [-0.3, -0.25) is 14.2 Å². The van der Waals surface area contributed by atoms with Crippen LogP contribution >= 0.6 is 23.2 Å². The zero-order chi connectivity index (χ0) is 28.3. The number of hydrogen-bond acceptors (Lipinski definition) is 7. The monoisotopic (exact) mass is 581 g/mol. The number of halogens is 2. The summed E-state index contributed by atoms with van der Waals surface area (Å²) in [7, 11) is 0. The second kappa shape index (κ2) is 11.4. The molecule has 0 spiro atoms. The van der Waals surface area contributed by atoms with Crippen LogP contribution in [0.1, 0.15) is 17.2 Å². The molecular weight excluding hydrogens is 561 g/mol. The molecule has 6 aromatic rings. The van der Waals surface area contributed by atoms with Gasteiger partial charge in [-0.05, 0) is 41.5 Å². The van der Waals surface area contributed by atoms with Crippen molar-refractivity contribution in [2.24, 2.45) is 0 Å². The Hall–Kier alpha value is -4.73. The van der Waals surface area contributed by atoms with Crippen molar-refractivity contribution in [2.75, 3.05) is 0 Å². The molecule has 0 aliphatic carbocycles. The van der Waals surface area contributed by atoms with Crippen LogP contribution in [0.5, 0.6) is 0 Å². The highest BCUT2D eigenvalue weighted by atomic mass is 35.5. The standard InChI is InChI=1S/C30H21Cl2N7O2/c31-22-7-9-26(39-16-29(32)36-37-39)23(13-22)25-14-30(41)38(18-35-25)27(11-19-4-2-1-3-5-19)28(40)12-20-6-8-24-21(10-20)15-33-17-34-24/h1-10,13-18,27H,11-12H2/t27-/m0/s1. The molecule has 0 aliphatic heterocycles. The van der Waals surface area contributed by atoms with Crippen LogP contribution in [0.3, 0.4) is 0 Å². The molecule has 0 bridgehead atoms. The SMILES string of the molecule is O=C(Cc1ccc2ncncc2c1)[C@H](Cc1ccccc1)n1cnc(-c2cc(Cl)ccc2-n2cc(Cl)nn2)cc1=O. The molecule has 0 amide bonds. The maximum atomic E-state index is 13.8. The minimum absolute atomic E-state index is 0.123. The smallest absolute Gasteiger partial charge is 0.254 e. The van der Waals surface area contributed by atoms with Gasteiger partial charge in [0.2, 0.25) is 0 Å². The molecule has 3 heterocycles. The summed E-state index contributed by atoms with van der Waals surface area (Å²) in [4.78, 5) is 40.3. The molecule has 9 nitrogen and oxygen atoms in total. The number of carbonyl (C=O) groups is 1. The topological polar surface area (TPSA) is 108 Å². The van der Waals surface area contributed by atoms with Gasteiger partial charge in [0, 0.05) is 41.1 Å². The average Bonchev–Trinajstić information content (AvgIpc) is 3.42. The van der Waals surface area contributed by atoms with Crippen LogP contribution in [0.15, 0.2) is 103 Å². The van der Waals surface area contributed by atoms with E-state index < -0.39 is 6.04 Å². The third-order valence-corrected chi connectivity index (χ3v) is 7.12. The quantitative estimate of drug-likeness (QED) is 0.239. The third kappa shape index (κ3) is 5.77. The Labute approximate surface area is 244 Å². The molecule has 202 valence electrons. The van der Waals surface area contributed by atoms with E-state index in [0.717, 1.165) is 22.0 Å². The normalized spacial score (nSPS) is 12.0. The fourth-order valence-corrected chi connectivity index (χ4v) is 5.03. The zero-order valence-corrected chi connectivity index (χ0v) is 22.9. The van der Waals surface area contributed by atoms with Crippen LogP contribution in [-0.2, 0) is 17.6 Å². The molecule has 3 aromatic carbocycles. The van der Waals surface area contributed by atoms with Gasteiger partial charge in [0.1, 0.15) is 12.4 Å². The van der Waals surface area contributed by atoms with Gasteiger partial charge in [-0.2, -0.15) is 0 Å². The van der Waals surface area contributed by atoms with Gasteiger partial charge in [0.25, 0.3) is 5.56 Å². The molecule has 0 saturated carbocycles. The van der Waals surface area contributed by atoms with E-state index in [2.05, 4.69) is 25.3 Å². The zero-order valence-electron chi connectivity index (χ0n) is 21.4. The highest BCUT2D eigenvalue weighted by Crippen LogP contribution is 2.28. The second-order valence-corrected chi connectivity index (χ2v) is 10.3. The summed E-state index contributed by atoms with van der Waals surface area (Å²) in [5, 5.41) is 9.37. The molecule has 0 radical (unpaired) electrons. The summed E-state index contributed by atoms with van der Waals surface area (Å²) in [5.41, 5.74) is 3.68. The number of nitrogens with zero attached hydrogens (tertiary/aromatic N) is 7. The number of Topliss-reactive ketones (excluding diaryl/α,β-unsaturated/α-hetero) is 1. The first kappa shape index (κ1) is 26.5. The Morgan fingerprint density at radius 3 is 2.56 bits per heavy atom. The molecule has 41 heavy (non-hydrogen) atoms. The number of rotatable bonds is 8. The first-order valence-electron chi connectivity index (χ1n) is 12.7. The van der Waals surface area contributed by atoms with E-state index in [-0.39, 0.29) is 22.9 Å². The van der Waals surface area contributed by atoms with Crippen LogP contribution in [0, 0.1) is 0 Å². The summed E-state index contributed by atoms with van der Waals surface area (Å²) in [6.45, 7) is 0. The molecule has 1 atom stereocenters. The first-order valence-corrected chi connectivity index (χ1v) is 13.4. The van der Waals surface area contributed by atoms with E-state index in [1.807, 2.05) is 48.5 Å². The van der Waals surface area contributed by atoms with Gasteiger partial charge in [-0.1, -0.05) is 64.8 Å². The highest BCUT2D eigenvalue weighted by molar-refractivity contribution is 6.31. The van der Waals surface area contributed by atoms with Gasteiger partial charge in [-0.15, -0.1) is 5.10 Å². The van der Waals surface area contributed by atoms with Crippen molar-refractivity contribution in [2.45, 2.75) is 18.9 Å². The van der Waals surface area contributed by atoms with Gasteiger partial charge < -0.3 is 0 Å². The molecule has 0 unspecified atom stereocenters. The Morgan fingerprint density at radius 2 is 1.78 bits per heavy atom. The summed E-state index contributed by atoms with van der Waals surface area (Å²) >= 11 is 12.3. The number of fused-ring (bicyclic) bond motifs is 1. The van der Waals surface area contributed by atoms with E-state index in [1.165, 1.54) is 28.0 Å². The van der Waals surface area contributed by atoms with E-state index in [0.29, 0.717) is 28.4 Å². The fourth-order valence-electron chi connectivity index (χ4n) is 4.73. The summed E-state index contributed by atoms with van der Waals surface area (Å²) in [5.74, 6) is -0.123. The number of carbonyl (C=O) groups excluding carboxylic acids is 1. The molecule has 0 aliphatic rings. The summed E-state index contributed by atoms with van der Waals surface area (Å²) < 4.78 is 2.87. The van der Waals surface area contributed by atoms with E-state index in [9.17, 15) is 9.59 Å². The van der Waals surface area contributed by atoms with Crippen LogP contribution < -0.4 is 5.56 Å². The van der Waals surface area contributed by atoms with Crippen LogP contribution in [0.25, 0.3) is 27.8 Å². The predicted octanol–water partition coefficient (Wildman–Crippen LogP) is 5.34. The van der Waals surface area contributed by atoms with Gasteiger partial charge >= 0.3 is 0 Å². The molecular formula is C30H21Cl2N7O2. The van der Waals surface area contributed by atoms with Crippen molar-refractivity contribution >= 4 is 39.9 Å². The maximum absolute atomic E-state index is 13.8. The average molecular weight is 582 g/mol. The predicted molar refractivity (Wildman–Crippen MR) is 156 cm³/mol. The maximum Gasteiger partial charge on any atom is 0.254 e. The number of benzene rings is 3. The molecule has 0 N–H and O–H groups in total. The lowest BCUT2D eigenvalue weighted by molar-refractivity contribution is -0.121. The summed E-state index contributed by atoms with van der Waals surface area (Å²) in [6, 6.07) is 21.0. The first-order chi connectivity index (χ1) is 19.9. The van der Waals surface area contributed by atoms with Gasteiger partial charge in [0.05, 0.1) is 29.4 Å². The van der Waals surface area contributed by atoms with Crippen molar-refractivity contribution in [3.05, 3.63) is 130 Å². The van der Waals surface area contributed by atoms with Crippen molar-refractivity contribution in [3.8, 4) is 16.9 Å². The minimum Gasteiger partial charge on any atom is -0.297 e. The molecule has 6 rings (SSSR count). The van der Waals surface area contributed by atoms with E-state index in [1.54, 1.807) is 30.6 Å². The lowest BCUT2D eigenvalue weighted by Gasteiger charge is -2.19. The Morgan fingerprint density at radius 1 is 0.927 bits per heavy atom. The third-order valence-electron chi connectivity index (χ3n) is 6.71. The van der Waals surface area contributed by atoms with Crippen LogP contribution in [0.2, 0.25) is 10.2 Å². The molecule has 11 heteroatoms. The number of ketones is 1. The lowest BCUT2D eigenvalue weighted by atomic mass is 9.97. The lowest BCUT2D eigenvalue weighted by Crippen LogP contribution is -2.32. The van der Waals surface area contributed by atoms with Gasteiger partial charge in [0.15, 0.2) is 10.9 Å². The number of hydrogen-bond donors (Lipinski definition) is 0. The van der Waals surface area contributed by atoms with Crippen molar-refractivity contribution in [1.82, 2.24) is 34.5 Å².